The number of nitrogens with one attached hydrogen (secondary N) is 1. The Labute approximate surface area is 121 Å². The van der Waals surface area contributed by atoms with Gasteiger partial charge in [-0.25, -0.2) is 9.97 Å². The van der Waals surface area contributed by atoms with Gasteiger partial charge in [0.25, 0.3) is 0 Å². The number of hydrogen-bond acceptors (Lipinski definition) is 6. The van der Waals surface area contributed by atoms with Crippen molar-refractivity contribution < 1.29 is 9.53 Å². The molecule has 20 heavy (non-hydrogen) atoms. The Morgan fingerprint density at radius 1 is 1.45 bits per heavy atom. The molecule has 106 valence electrons. The van der Waals surface area contributed by atoms with E-state index in [-0.39, 0.29) is 17.9 Å². The third kappa shape index (κ3) is 2.47. The molecule has 1 saturated carbocycles. The number of rotatable bonds is 3. The lowest BCUT2D eigenvalue weighted by molar-refractivity contribution is -0.145. The van der Waals surface area contributed by atoms with E-state index in [9.17, 15) is 4.79 Å². The molecule has 1 aliphatic rings. The van der Waals surface area contributed by atoms with Crippen LogP contribution in [-0.4, -0.2) is 29.1 Å². The monoisotopic (exact) mass is 291 g/mol. The molecule has 0 amide bonds. The second-order valence-corrected chi connectivity index (χ2v) is 6.41. The molecule has 6 heteroatoms. The van der Waals surface area contributed by atoms with Gasteiger partial charge in [-0.3, -0.25) is 4.79 Å². The molecular weight excluding hydrogens is 274 g/mol. The second-order valence-electron chi connectivity index (χ2n) is 5.17. The summed E-state index contributed by atoms with van der Waals surface area (Å²) in [5, 5.41) is 4.52. The SMILES string of the molecule is COC(=O)[C@H]1CC[C@@H](Nc2ncnc3sc(C)cc23)C1. The number of ether oxygens (including phenoxy) is 1. The van der Waals surface area contributed by atoms with Crippen LogP contribution in [0.2, 0.25) is 0 Å². The van der Waals surface area contributed by atoms with Crippen LogP contribution >= 0.6 is 11.3 Å². The van der Waals surface area contributed by atoms with Gasteiger partial charge in [-0.05, 0) is 32.3 Å². The molecule has 0 aliphatic heterocycles. The summed E-state index contributed by atoms with van der Waals surface area (Å²) in [6, 6.07) is 2.38. The number of fused-ring (bicyclic) bond motifs is 1. The second kappa shape index (κ2) is 5.36. The molecule has 1 aliphatic carbocycles. The smallest absolute Gasteiger partial charge is 0.308 e. The molecule has 0 saturated heterocycles. The number of methoxy groups -OCH3 is 1. The highest BCUT2D eigenvalue weighted by Gasteiger charge is 2.31. The number of aromatic nitrogens is 2. The van der Waals surface area contributed by atoms with E-state index in [4.69, 9.17) is 4.74 Å². The van der Waals surface area contributed by atoms with E-state index >= 15 is 0 Å². The van der Waals surface area contributed by atoms with Gasteiger partial charge in [-0.15, -0.1) is 11.3 Å². The molecular formula is C14H17N3O2S. The summed E-state index contributed by atoms with van der Waals surface area (Å²) in [5.74, 6) is 0.780. The van der Waals surface area contributed by atoms with Gasteiger partial charge < -0.3 is 10.1 Å². The van der Waals surface area contributed by atoms with Crippen LogP contribution < -0.4 is 5.32 Å². The fourth-order valence-corrected chi connectivity index (χ4v) is 3.62. The quantitative estimate of drug-likeness (QED) is 0.881. The third-order valence-electron chi connectivity index (χ3n) is 3.76. The van der Waals surface area contributed by atoms with E-state index in [2.05, 4.69) is 28.3 Å². The minimum atomic E-state index is -0.103. The maximum atomic E-state index is 11.6. The van der Waals surface area contributed by atoms with Crippen LogP contribution in [0.3, 0.4) is 0 Å². The number of carbonyl (C=O) groups is 1. The maximum absolute atomic E-state index is 11.6. The molecule has 1 fully saturated rings. The standard InChI is InChI=1S/C14H17N3O2S/c1-8-5-11-12(15-7-16-13(11)20-8)17-10-4-3-9(6-10)14(18)19-2/h5,7,9-10H,3-4,6H2,1-2H3,(H,15,16,17)/t9-,10+/m0/s1. The molecule has 2 aromatic heterocycles. The molecule has 2 aromatic rings. The first-order valence-electron chi connectivity index (χ1n) is 6.73. The van der Waals surface area contributed by atoms with Crippen molar-refractivity contribution in [3.63, 3.8) is 0 Å². The minimum absolute atomic E-state index is 0.0130. The number of aryl methyl sites for hydroxylation is 1. The molecule has 0 radical (unpaired) electrons. The Morgan fingerprint density at radius 2 is 2.30 bits per heavy atom. The highest BCUT2D eigenvalue weighted by Crippen LogP contribution is 2.32. The molecule has 1 N–H and O–H groups in total. The summed E-state index contributed by atoms with van der Waals surface area (Å²) < 4.78 is 4.82. The summed E-state index contributed by atoms with van der Waals surface area (Å²) >= 11 is 1.67. The van der Waals surface area contributed by atoms with E-state index in [1.54, 1.807) is 17.7 Å². The molecule has 5 nitrogen and oxygen atoms in total. The molecule has 0 unspecified atom stereocenters. The first-order valence-corrected chi connectivity index (χ1v) is 7.54. The van der Waals surface area contributed by atoms with Gasteiger partial charge >= 0.3 is 5.97 Å². The van der Waals surface area contributed by atoms with E-state index < -0.39 is 0 Å². The Bertz CT molecular complexity index is 640. The van der Waals surface area contributed by atoms with E-state index in [1.165, 1.54) is 12.0 Å². The van der Waals surface area contributed by atoms with Crippen molar-refractivity contribution in [2.45, 2.75) is 32.2 Å². The average Bonchev–Trinajstić information content (AvgIpc) is 3.04. The predicted octanol–water partition coefficient (Wildman–Crippen LogP) is 2.75. The average molecular weight is 291 g/mol. The fourth-order valence-electron chi connectivity index (χ4n) is 2.78. The first kappa shape index (κ1) is 13.3. The summed E-state index contributed by atoms with van der Waals surface area (Å²) in [6.45, 7) is 2.07. The number of thiophene rings is 1. The lowest BCUT2D eigenvalue weighted by atomic mass is 10.1. The fraction of sp³-hybridized carbons (Fsp3) is 0.500. The largest absolute Gasteiger partial charge is 0.469 e. The van der Waals surface area contributed by atoms with Crippen molar-refractivity contribution in [3.05, 3.63) is 17.3 Å². The summed E-state index contributed by atoms with van der Waals surface area (Å²) in [6.07, 6.45) is 4.24. The highest BCUT2D eigenvalue weighted by molar-refractivity contribution is 7.18. The Balaban J connectivity index is 1.76. The van der Waals surface area contributed by atoms with Gasteiger partial charge in [0.2, 0.25) is 0 Å². The predicted molar refractivity (Wildman–Crippen MR) is 78.9 cm³/mol. The lowest BCUT2D eigenvalue weighted by Gasteiger charge is -2.13. The van der Waals surface area contributed by atoms with Gasteiger partial charge in [0.15, 0.2) is 0 Å². The van der Waals surface area contributed by atoms with Crippen LogP contribution in [-0.2, 0) is 9.53 Å². The number of esters is 1. The van der Waals surface area contributed by atoms with Crippen molar-refractivity contribution in [1.29, 1.82) is 0 Å². The van der Waals surface area contributed by atoms with Gasteiger partial charge in [0.1, 0.15) is 17.0 Å². The number of hydrogen-bond donors (Lipinski definition) is 1. The van der Waals surface area contributed by atoms with Crippen molar-refractivity contribution in [3.8, 4) is 0 Å². The van der Waals surface area contributed by atoms with Crippen molar-refractivity contribution in [1.82, 2.24) is 9.97 Å². The zero-order valence-corrected chi connectivity index (χ0v) is 12.4. The Kier molecular flexibility index (Phi) is 3.56. The van der Waals surface area contributed by atoms with Crippen LogP contribution in [0.4, 0.5) is 5.82 Å². The molecule has 3 rings (SSSR count). The Hall–Kier alpha value is -1.69. The number of nitrogens with zero attached hydrogens (tertiary/aromatic N) is 2. The molecule has 2 atom stereocenters. The molecule has 0 bridgehead atoms. The van der Waals surface area contributed by atoms with Gasteiger partial charge in [0, 0.05) is 10.9 Å². The lowest BCUT2D eigenvalue weighted by Crippen LogP contribution is -2.19. The van der Waals surface area contributed by atoms with Gasteiger partial charge in [0.05, 0.1) is 18.4 Å². The minimum Gasteiger partial charge on any atom is -0.469 e. The van der Waals surface area contributed by atoms with Crippen LogP contribution in [0, 0.1) is 12.8 Å². The van der Waals surface area contributed by atoms with Crippen molar-refractivity contribution in [2.24, 2.45) is 5.92 Å². The van der Waals surface area contributed by atoms with Crippen molar-refractivity contribution >= 4 is 33.3 Å². The van der Waals surface area contributed by atoms with Gasteiger partial charge in [-0.2, -0.15) is 0 Å². The summed E-state index contributed by atoms with van der Waals surface area (Å²) in [4.78, 5) is 22.4. The van der Waals surface area contributed by atoms with Crippen LogP contribution in [0.25, 0.3) is 10.2 Å². The highest BCUT2D eigenvalue weighted by atomic mass is 32.1. The topological polar surface area (TPSA) is 64.1 Å². The third-order valence-corrected chi connectivity index (χ3v) is 4.72. The van der Waals surface area contributed by atoms with E-state index in [0.717, 1.165) is 35.3 Å². The first-order chi connectivity index (χ1) is 9.67. The number of carbonyl (C=O) groups excluding carboxylic acids is 1. The van der Waals surface area contributed by atoms with Crippen LogP contribution in [0.5, 0.6) is 0 Å². The molecule has 0 aromatic carbocycles. The Morgan fingerprint density at radius 3 is 3.10 bits per heavy atom. The molecule has 2 heterocycles. The zero-order valence-electron chi connectivity index (χ0n) is 11.5. The van der Waals surface area contributed by atoms with E-state index in [1.807, 2.05) is 0 Å². The van der Waals surface area contributed by atoms with Gasteiger partial charge in [-0.1, -0.05) is 0 Å². The normalized spacial score (nSPS) is 22.1. The van der Waals surface area contributed by atoms with Crippen molar-refractivity contribution in [2.75, 3.05) is 12.4 Å². The van der Waals surface area contributed by atoms with E-state index in [0.29, 0.717) is 0 Å². The zero-order chi connectivity index (χ0) is 14.1. The maximum Gasteiger partial charge on any atom is 0.308 e. The molecule has 0 spiro atoms. The van der Waals surface area contributed by atoms with Crippen LogP contribution in [0.15, 0.2) is 12.4 Å². The number of anilines is 1. The summed E-state index contributed by atoms with van der Waals surface area (Å²) in [5.41, 5.74) is 0. The summed E-state index contributed by atoms with van der Waals surface area (Å²) in [7, 11) is 1.45. The van der Waals surface area contributed by atoms with Crippen LogP contribution in [0.1, 0.15) is 24.1 Å².